The quantitative estimate of drug-likeness (QED) is 0.662. The molecule has 0 saturated heterocycles. The third-order valence-electron chi connectivity index (χ3n) is 2.41. The molecule has 14 heavy (non-hydrogen) atoms. The van der Waals surface area contributed by atoms with E-state index in [0.29, 0.717) is 0 Å². The normalized spacial score (nSPS) is 14.7. The first-order valence-corrected chi connectivity index (χ1v) is 4.93. The maximum atomic E-state index is 10.8. The molecular formula is C10H18O4. The number of carbonyl (C=O) groups is 2. The van der Waals surface area contributed by atoms with E-state index in [9.17, 15) is 9.59 Å². The van der Waals surface area contributed by atoms with Crippen LogP contribution >= 0.6 is 0 Å². The van der Waals surface area contributed by atoms with Gasteiger partial charge in [-0.05, 0) is 12.3 Å². The molecule has 0 saturated carbocycles. The molecule has 0 amide bonds. The Labute approximate surface area is 83.9 Å². The minimum absolute atomic E-state index is 0.0662. The molecule has 82 valence electrons. The number of carboxylic acids is 2. The molecule has 0 aliphatic heterocycles. The van der Waals surface area contributed by atoms with Gasteiger partial charge >= 0.3 is 11.9 Å². The van der Waals surface area contributed by atoms with Crippen LogP contribution in [0.5, 0.6) is 0 Å². The highest BCUT2D eigenvalue weighted by Gasteiger charge is 2.26. The van der Waals surface area contributed by atoms with Gasteiger partial charge in [-0.2, -0.15) is 0 Å². The summed E-state index contributed by atoms with van der Waals surface area (Å²) in [4.78, 5) is 21.2. The smallest absolute Gasteiger partial charge is 0.307 e. The van der Waals surface area contributed by atoms with E-state index in [4.69, 9.17) is 10.2 Å². The topological polar surface area (TPSA) is 74.6 Å². The monoisotopic (exact) mass is 202 g/mol. The predicted molar refractivity (Wildman–Crippen MR) is 52.1 cm³/mol. The van der Waals surface area contributed by atoms with E-state index < -0.39 is 17.9 Å². The molecule has 2 atom stereocenters. The zero-order chi connectivity index (χ0) is 11.1. The second-order valence-corrected chi connectivity index (χ2v) is 3.66. The van der Waals surface area contributed by atoms with Gasteiger partial charge in [-0.25, -0.2) is 0 Å². The fraction of sp³-hybridized carbons (Fsp3) is 0.800. The number of unbranched alkanes of at least 4 members (excludes halogenated alkanes) is 1. The molecule has 0 heterocycles. The summed E-state index contributed by atoms with van der Waals surface area (Å²) in [5, 5.41) is 17.4. The molecule has 2 N–H and O–H groups in total. The summed E-state index contributed by atoms with van der Waals surface area (Å²) in [6, 6.07) is 0. The maximum absolute atomic E-state index is 10.8. The first kappa shape index (κ1) is 12.9. The highest BCUT2D eigenvalue weighted by Crippen LogP contribution is 2.21. The van der Waals surface area contributed by atoms with Crippen LogP contribution in [0.25, 0.3) is 0 Å². The van der Waals surface area contributed by atoms with Crippen molar-refractivity contribution >= 4 is 11.9 Å². The van der Waals surface area contributed by atoms with Crippen molar-refractivity contribution in [3.8, 4) is 0 Å². The van der Waals surface area contributed by atoms with Crippen LogP contribution in [0.1, 0.15) is 39.5 Å². The first-order valence-electron chi connectivity index (χ1n) is 4.93. The first-order chi connectivity index (χ1) is 6.49. The van der Waals surface area contributed by atoms with Gasteiger partial charge in [0.05, 0.1) is 12.3 Å². The van der Waals surface area contributed by atoms with Crippen LogP contribution in [-0.2, 0) is 9.59 Å². The zero-order valence-corrected chi connectivity index (χ0v) is 8.69. The van der Waals surface area contributed by atoms with E-state index in [2.05, 4.69) is 0 Å². The molecular weight excluding hydrogens is 184 g/mol. The van der Waals surface area contributed by atoms with E-state index in [1.807, 2.05) is 6.92 Å². The van der Waals surface area contributed by atoms with E-state index in [1.54, 1.807) is 6.92 Å². The van der Waals surface area contributed by atoms with Crippen LogP contribution in [0.15, 0.2) is 0 Å². The molecule has 0 aliphatic carbocycles. The van der Waals surface area contributed by atoms with Crippen molar-refractivity contribution < 1.29 is 19.8 Å². The van der Waals surface area contributed by atoms with Crippen molar-refractivity contribution in [3.63, 3.8) is 0 Å². The Morgan fingerprint density at radius 1 is 1.29 bits per heavy atom. The zero-order valence-electron chi connectivity index (χ0n) is 8.69. The van der Waals surface area contributed by atoms with E-state index >= 15 is 0 Å². The maximum Gasteiger partial charge on any atom is 0.307 e. The third-order valence-corrected chi connectivity index (χ3v) is 2.41. The van der Waals surface area contributed by atoms with Crippen molar-refractivity contribution in [1.82, 2.24) is 0 Å². The van der Waals surface area contributed by atoms with Crippen LogP contribution in [0.3, 0.4) is 0 Å². The summed E-state index contributed by atoms with van der Waals surface area (Å²) >= 11 is 0. The highest BCUT2D eigenvalue weighted by atomic mass is 16.4. The Hall–Kier alpha value is -1.06. The van der Waals surface area contributed by atoms with Gasteiger partial charge in [-0.3, -0.25) is 9.59 Å². The average Bonchev–Trinajstić information content (AvgIpc) is 2.09. The molecule has 0 spiro atoms. The van der Waals surface area contributed by atoms with Crippen LogP contribution in [-0.4, -0.2) is 22.2 Å². The number of hydrogen-bond donors (Lipinski definition) is 2. The molecule has 0 radical (unpaired) electrons. The molecule has 2 unspecified atom stereocenters. The number of hydrogen-bond acceptors (Lipinski definition) is 2. The summed E-state index contributed by atoms with van der Waals surface area (Å²) in [5.41, 5.74) is 0. The van der Waals surface area contributed by atoms with Crippen molar-refractivity contribution in [2.75, 3.05) is 0 Å². The number of rotatable bonds is 7. The minimum atomic E-state index is -1.04. The fourth-order valence-electron chi connectivity index (χ4n) is 1.45. The van der Waals surface area contributed by atoms with Crippen molar-refractivity contribution in [2.24, 2.45) is 11.8 Å². The minimum Gasteiger partial charge on any atom is -0.481 e. The summed E-state index contributed by atoms with van der Waals surface area (Å²) in [5.74, 6) is -2.86. The molecule has 0 fully saturated rings. The molecule has 0 rings (SSSR count). The second-order valence-electron chi connectivity index (χ2n) is 3.66. The Bertz CT molecular complexity index is 200. The lowest BCUT2D eigenvalue weighted by atomic mass is 9.87. The molecule has 0 aromatic carbocycles. The lowest BCUT2D eigenvalue weighted by Gasteiger charge is -2.17. The Morgan fingerprint density at radius 3 is 2.21 bits per heavy atom. The Morgan fingerprint density at radius 2 is 1.86 bits per heavy atom. The Balaban J connectivity index is 4.18. The van der Waals surface area contributed by atoms with Gasteiger partial charge in [0.1, 0.15) is 0 Å². The second kappa shape index (κ2) is 6.40. The van der Waals surface area contributed by atoms with Gasteiger partial charge in [0.15, 0.2) is 0 Å². The van der Waals surface area contributed by atoms with E-state index in [-0.39, 0.29) is 12.3 Å². The van der Waals surface area contributed by atoms with Crippen LogP contribution in [0, 0.1) is 11.8 Å². The molecule has 4 nitrogen and oxygen atoms in total. The van der Waals surface area contributed by atoms with Crippen LogP contribution in [0.4, 0.5) is 0 Å². The number of aliphatic carboxylic acids is 2. The Kier molecular flexibility index (Phi) is 5.92. The van der Waals surface area contributed by atoms with Crippen molar-refractivity contribution in [1.29, 1.82) is 0 Å². The van der Waals surface area contributed by atoms with E-state index in [0.717, 1.165) is 19.3 Å². The largest absolute Gasteiger partial charge is 0.481 e. The lowest BCUT2D eigenvalue weighted by molar-refractivity contribution is -0.150. The summed E-state index contributed by atoms with van der Waals surface area (Å²) < 4.78 is 0. The summed E-state index contributed by atoms with van der Waals surface area (Å²) in [7, 11) is 0. The standard InChI is InChI=1S/C10H18O4/c1-3-4-5-7(2)8(10(13)14)6-9(11)12/h7-8H,3-6H2,1-2H3,(H,11,12)(H,13,14). The SMILES string of the molecule is CCCCC(C)C(CC(=O)O)C(=O)O. The predicted octanol–water partition coefficient (Wildman–Crippen LogP) is 1.99. The van der Waals surface area contributed by atoms with Gasteiger partial charge in [0.25, 0.3) is 0 Å². The van der Waals surface area contributed by atoms with Crippen LogP contribution in [0.2, 0.25) is 0 Å². The average molecular weight is 202 g/mol. The molecule has 0 aromatic rings. The van der Waals surface area contributed by atoms with Gasteiger partial charge < -0.3 is 10.2 Å². The van der Waals surface area contributed by atoms with Gasteiger partial charge in [0, 0.05) is 0 Å². The fourth-order valence-corrected chi connectivity index (χ4v) is 1.45. The van der Waals surface area contributed by atoms with Crippen LogP contribution < -0.4 is 0 Å². The molecule has 0 aromatic heterocycles. The van der Waals surface area contributed by atoms with Crippen molar-refractivity contribution in [3.05, 3.63) is 0 Å². The van der Waals surface area contributed by atoms with Gasteiger partial charge in [0.2, 0.25) is 0 Å². The third kappa shape index (κ3) is 4.84. The highest BCUT2D eigenvalue weighted by molar-refractivity contribution is 5.77. The molecule has 0 aliphatic rings. The lowest BCUT2D eigenvalue weighted by Crippen LogP contribution is -2.24. The molecule has 0 bridgehead atoms. The number of carboxylic acid groups (broad SMARTS) is 2. The summed E-state index contributed by atoms with van der Waals surface area (Å²) in [6.45, 7) is 3.83. The van der Waals surface area contributed by atoms with Gasteiger partial charge in [-0.15, -0.1) is 0 Å². The van der Waals surface area contributed by atoms with Gasteiger partial charge in [-0.1, -0.05) is 26.7 Å². The molecule has 4 heteroatoms. The van der Waals surface area contributed by atoms with E-state index in [1.165, 1.54) is 0 Å². The summed E-state index contributed by atoms with van der Waals surface area (Å²) in [6.07, 6.45) is 2.45. The van der Waals surface area contributed by atoms with Crippen molar-refractivity contribution in [2.45, 2.75) is 39.5 Å².